The lowest BCUT2D eigenvalue weighted by atomic mass is 9.99. The van der Waals surface area contributed by atoms with Gasteiger partial charge in [-0.1, -0.05) is 54.6 Å². The van der Waals surface area contributed by atoms with Gasteiger partial charge in [-0.3, -0.25) is 5.10 Å². The Labute approximate surface area is 133 Å². The van der Waals surface area contributed by atoms with E-state index < -0.39 is 0 Å². The highest BCUT2D eigenvalue weighted by Gasteiger charge is 2.13. The van der Waals surface area contributed by atoms with Gasteiger partial charge in [0.1, 0.15) is 0 Å². The number of pyridine rings is 1. The predicted molar refractivity (Wildman–Crippen MR) is 90.7 cm³/mol. The zero-order chi connectivity index (χ0) is 15.6. The van der Waals surface area contributed by atoms with Crippen LogP contribution < -0.4 is 0 Å². The quantitative estimate of drug-likeness (QED) is 0.605. The van der Waals surface area contributed by atoms with Crippen LogP contribution in [0.3, 0.4) is 0 Å². The molecule has 0 saturated carbocycles. The molecule has 2 aromatic heterocycles. The van der Waals surface area contributed by atoms with Crippen molar-refractivity contribution >= 4 is 11.0 Å². The van der Waals surface area contributed by atoms with Crippen molar-refractivity contribution < 1.29 is 5.11 Å². The first-order valence-electron chi connectivity index (χ1n) is 7.45. The number of benzene rings is 2. The maximum absolute atomic E-state index is 9.21. The van der Waals surface area contributed by atoms with Crippen LogP contribution in [0.1, 0.15) is 5.56 Å². The molecule has 0 fully saturated rings. The fourth-order valence-electron chi connectivity index (χ4n) is 2.79. The van der Waals surface area contributed by atoms with Crippen LogP contribution in [-0.2, 0) is 6.61 Å². The fraction of sp³-hybridized carbons (Fsp3) is 0.0526. The first-order chi connectivity index (χ1) is 11.4. The lowest BCUT2D eigenvalue weighted by Crippen LogP contribution is -1.86. The number of rotatable bonds is 3. The number of H-pyrrole nitrogens is 1. The van der Waals surface area contributed by atoms with Gasteiger partial charge in [0.15, 0.2) is 5.65 Å². The maximum Gasteiger partial charge on any atom is 0.182 e. The van der Waals surface area contributed by atoms with Crippen LogP contribution in [0.25, 0.3) is 33.4 Å². The lowest BCUT2D eigenvalue weighted by Gasteiger charge is -2.06. The maximum atomic E-state index is 9.21. The number of aromatic amines is 1. The molecule has 4 heteroatoms. The number of aliphatic hydroxyl groups excluding tert-OH is 1. The topological polar surface area (TPSA) is 61.8 Å². The van der Waals surface area contributed by atoms with E-state index in [1.54, 1.807) is 6.20 Å². The highest BCUT2D eigenvalue weighted by atomic mass is 16.3. The Morgan fingerprint density at radius 3 is 2.39 bits per heavy atom. The second-order valence-corrected chi connectivity index (χ2v) is 5.38. The molecule has 4 rings (SSSR count). The molecule has 0 atom stereocenters. The van der Waals surface area contributed by atoms with E-state index in [0.29, 0.717) is 5.65 Å². The Morgan fingerprint density at radius 2 is 1.65 bits per heavy atom. The third kappa shape index (κ3) is 2.39. The summed E-state index contributed by atoms with van der Waals surface area (Å²) in [7, 11) is 0. The molecular formula is C19H15N3O. The van der Waals surface area contributed by atoms with Crippen LogP contribution in [0, 0.1) is 0 Å². The molecule has 0 aliphatic heterocycles. The number of fused-ring (bicyclic) bond motifs is 1. The van der Waals surface area contributed by atoms with Crippen molar-refractivity contribution in [3.63, 3.8) is 0 Å². The van der Waals surface area contributed by atoms with Gasteiger partial charge in [0.25, 0.3) is 0 Å². The van der Waals surface area contributed by atoms with E-state index in [1.165, 1.54) is 0 Å². The fourth-order valence-corrected chi connectivity index (χ4v) is 2.79. The number of hydrogen-bond acceptors (Lipinski definition) is 3. The van der Waals surface area contributed by atoms with Crippen LogP contribution in [0.4, 0.5) is 0 Å². The third-order valence-electron chi connectivity index (χ3n) is 3.96. The van der Waals surface area contributed by atoms with E-state index in [0.717, 1.165) is 33.3 Å². The highest BCUT2D eigenvalue weighted by Crippen LogP contribution is 2.33. The van der Waals surface area contributed by atoms with E-state index in [4.69, 9.17) is 0 Å². The van der Waals surface area contributed by atoms with E-state index in [2.05, 4.69) is 27.3 Å². The normalized spacial score (nSPS) is 11.0. The molecule has 23 heavy (non-hydrogen) atoms. The average Bonchev–Trinajstić information content (AvgIpc) is 3.07. The highest BCUT2D eigenvalue weighted by molar-refractivity contribution is 6.02. The molecule has 0 radical (unpaired) electrons. The van der Waals surface area contributed by atoms with Crippen molar-refractivity contribution in [1.29, 1.82) is 0 Å². The largest absolute Gasteiger partial charge is 0.392 e. The summed E-state index contributed by atoms with van der Waals surface area (Å²) in [6.07, 6.45) is 1.77. The van der Waals surface area contributed by atoms with Crippen molar-refractivity contribution in [3.8, 4) is 22.4 Å². The minimum atomic E-state index is 0.0486. The van der Waals surface area contributed by atoms with E-state index >= 15 is 0 Å². The van der Waals surface area contributed by atoms with Gasteiger partial charge in [-0.25, -0.2) is 4.98 Å². The summed E-state index contributed by atoms with van der Waals surface area (Å²) in [4.78, 5) is 4.36. The molecule has 0 aliphatic carbocycles. The van der Waals surface area contributed by atoms with E-state index in [-0.39, 0.29) is 6.61 Å². The number of aromatic nitrogens is 3. The molecular weight excluding hydrogens is 286 g/mol. The Bertz CT molecular complexity index is 943. The standard InChI is InChI=1S/C19H15N3O/c23-12-13-6-8-14(9-7-13)16-10-11-20-19-17(16)18(21-22-19)15-4-2-1-3-5-15/h1-11,23H,12H2,(H,20,21,22). The summed E-state index contributed by atoms with van der Waals surface area (Å²) >= 11 is 0. The Morgan fingerprint density at radius 1 is 0.870 bits per heavy atom. The number of aliphatic hydroxyl groups is 1. The molecule has 112 valence electrons. The Hall–Kier alpha value is -2.98. The predicted octanol–water partition coefficient (Wildman–Crippen LogP) is 3.78. The Kier molecular flexibility index (Phi) is 3.37. The van der Waals surface area contributed by atoms with Gasteiger partial charge in [0, 0.05) is 11.8 Å². The first kappa shape index (κ1) is 13.7. The van der Waals surface area contributed by atoms with Crippen LogP contribution in [0.15, 0.2) is 66.9 Å². The zero-order valence-electron chi connectivity index (χ0n) is 12.4. The second-order valence-electron chi connectivity index (χ2n) is 5.38. The monoisotopic (exact) mass is 301 g/mol. The van der Waals surface area contributed by atoms with Crippen LogP contribution in [-0.4, -0.2) is 20.3 Å². The second kappa shape index (κ2) is 5.66. The van der Waals surface area contributed by atoms with Crippen LogP contribution in [0.2, 0.25) is 0 Å². The van der Waals surface area contributed by atoms with Crippen molar-refractivity contribution in [2.24, 2.45) is 0 Å². The van der Waals surface area contributed by atoms with Crippen molar-refractivity contribution in [3.05, 3.63) is 72.4 Å². The summed E-state index contributed by atoms with van der Waals surface area (Å²) in [5, 5.41) is 17.7. The van der Waals surface area contributed by atoms with Crippen molar-refractivity contribution in [2.45, 2.75) is 6.61 Å². The molecule has 2 N–H and O–H groups in total. The molecule has 4 aromatic rings. The minimum absolute atomic E-state index is 0.0486. The summed E-state index contributed by atoms with van der Waals surface area (Å²) in [6.45, 7) is 0.0486. The van der Waals surface area contributed by atoms with Gasteiger partial charge in [-0.15, -0.1) is 0 Å². The van der Waals surface area contributed by atoms with Crippen LogP contribution in [0.5, 0.6) is 0 Å². The van der Waals surface area contributed by atoms with Gasteiger partial charge in [0.2, 0.25) is 0 Å². The van der Waals surface area contributed by atoms with E-state index in [1.807, 2.05) is 48.5 Å². The summed E-state index contributed by atoms with van der Waals surface area (Å²) < 4.78 is 0. The first-order valence-corrected chi connectivity index (χ1v) is 7.45. The van der Waals surface area contributed by atoms with Gasteiger partial charge in [0.05, 0.1) is 17.7 Å². The molecule has 0 bridgehead atoms. The lowest BCUT2D eigenvalue weighted by molar-refractivity contribution is 0.282. The van der Waals surface area contributed by atoms with Crippen LogP contribution >= 0.6 is 0 Å². The smallest absolute Gasteiger partial charge is 0.182 e. The van der Waals surface area contributed by atoms with Crippen molar-refractivity contribution in [1.82, 2.24) is 15.2 Å². The van der Waals surface area contributed by atoms with Gasteiger partial charge < -0.3 is 5.11 Å². The molecule has 2 heterocycles. The van der Waals surface area contributed by atoms with Crippen molar-refractivity contribution in [2.75, 3.05) is 0 Å². The molecule has 2 aromatic carbocycles. The van der Waals surface area contributed by atoms with Gasteiger partial charge in [-0.05, 0) is 22.8 Å². The number of hydrogen-bond donors (Lipinski definition) is 2. The zero-order valence-corrected chi connectivity index (χ0v) is 12.4. The molecule has 4 nitrogen and oxygen atoms in total. The van der Waals surface area contributed by atoms with E-state index in [9.17, 15) is 5.11 Å². The molecule has 0 aliphatic rings. The summed E-state index contributed by atoms with van der Waals surface area (Å²) in [5.41, 5.74) is 5.80. The SMILES string of the molecule is OCc1ccc(-c2ccnc3n[nH]c(-c4ccccc4)c23)cc1. The molecule has 0 spiro atoms. The molecule has 0 amide bonds. The van der Waals surface area contributed by atoms with Gasteiger partial charge in [-0.2, -0.15) is 5.10 Å². The molecule has 0 saturated heterocycles. The Balaban J connectivity index is 1.94. The average molecular weight is 301 g/mol. The number of nitrogens with one attached hydrogen (secondary N) is 1. The minimum Gasteiger partial charge on any atom is -0.392 e. The summed E-state index contributed by atoms with van der Waals surface area (Å²) in [5.74, 6) is 0. The van der Waals surface area contributed by atoms with Gasteiger partial charge >= 0.3 is 0 Å². The third-order valence-corrected chi connectivity index (χ3v) is 3.96. The molecule has 0 unspecified atom stereocenters. The summed E-state index contributed by atoms with van der Waals surface area (Å²) in [6, 6.07) is 20.0. The number of nitrogens with zero attached hydrogens (tertiary/aromatic N) is 2.